The van der Waals surface area contributed by atoms with Crippen molar-refractivity contribution in [3.63, 3.8) is 0 Å². The highest BCUT2D eigenvalue weighted by molar-refractivity contribution is 7.92. The van der Waals surface area contributed by atoms with Crippen LogP contribution in [0.5, 0.6) is 0 Å². The molecular formula is C24H30F2N4O5S. The third-order valence-corrected chi connectivity index (χ3v) is 7.55. The highest BCUT2D eigenvalue weighted by Crippen LogP contribution is 2.27. The van der Waals surface area contributed by atoms with Crippen molar-refractivity contribution in [1.82, 2.24) is 10.6 Å². The number of piperidine rings is 1. The van der Waals surface area contributed by atoms with E-state index in [9.17, 15) is 26.8 Å². The Labute approximate surface area is 208 Å². The predicted molar refractivity (Wildman–Crippen MR) is 131 cm³/mol. The van der Waals surface area contributed by atoms with E-state index in [1.807, 2.05) is 0 Å². The number of para-hydroxylation sites is 1. The summed E-state index contributed by atoms with van der Waals surface area (Å²) in [7, 11) is -4.02. The van der Waals surface area contributed by atoms with Crippen molar-refractivity contribution in [3.05, 3.63) is 54.1 Å². The number of carbonyl (C=O) groups is 2. The van der Waals surface area contributed by atoms with Gasteiger partial charge in [0, 0.05) is 5.69 Å². The van der Waals surface area contributed by atoms with Gasteiger partial charge in [0.15, 0.2) is 9.84 Å². The molecule has 1 fully saturated rings. The molecule has 1 unspecified atom stereocenters. The molecule has 0 aromatic heterocycles. The minimum atomic E-state index is -4.02. The topological polar surface area (TPSA) is 126 Å². The lowest BCUT2D eigenvalue weighted by Gasteiger charge is -2.31. The lowest BCUT2D eigenvalue weighted by Crippen LogP contribution is -2.50. The highest BCUT2D eigenvalue weighted by Gasteiger charge is 2.37. The molecule has 196 valence electrons. The Morgan fingerprint density at radius 2 is 1.58 bits per heavy atom. The third-order valence-electron chi connectivity index (χ3n) is 5.45. The molecule has 9 nitrogen and oxygen atoms in total. The first-order valence-corrected chi connectivity index (χ1v) is 13.0. The summed E-state index contributed by atoms with van der Waals surface area (Å²) in [5.74, 6) is -2.20. The fourth-order valence-corrected chi connectivity index (χ4v) is 5.63. The van der Waals surface area contributed by atoms with Crippen LogP contribution in [0.1, 0.15) is 33.6 Å². The Hall–Kier alpha value is -3.25. The fraction of sp³-hybridized carbons (Fsp3) is 0.417. The molecule has 0 radical (unpaired) electrons. The molecule has 2 aromatic rings. The number of anilines is 2. The molecule has 3 rings (SSSR count). The zero-order valence-electron chi connectivity index (χ0n) is 20.2. The average molecular weight is 525 g/mol. The maximum Gasteiger partial charge on any atom is 0.408 e. The molecule has 1 heterocycles. The van der Waals surface area contributed by atoms with Crippen LogP contribution >= 0.6 is 0 Å². The molecule has 4 N–H and O–H groups in total. The Morgan fingerprint density at radius 3 is 2.14 bits per heavy atom. The molecule has 1 saturated heterocycles. The van der Waals surface area contributed by atoms with Crippen LogP contribution in [-0.2, 0) is 14.6 Å². The van der Waals surface area contributed by atoms with E-state index < -0.39 is 50.3 Å². The van der Waals surface area contributed by atoms with Crippen molar-refractivity contribution in [3.8, 4) is 0 Å². The lowest BCUT2D eigenvalue weighted by molar-refractivity contribution is 0.0503. The third kappa shape index (κ3) is 7.14. The second-order valence-corrected chi connectivity index (χ2v) is 11.5. The maximum absolute atomic E-state index is 13.8. The molecule has 1 atom stereocenters. The van der Waals surface area contributed by atoms with Crippen molar-refractivity contribution >= 4 is 33.3 Å². The number of hydrogen-bond donors (Lipinski definition) is 4. The molecular weight excluding hydrogens is 494 g/mol. The number of sulfone groups is 1. The van der Waals surface area contributed by atoms with Gasteiger partial charge in [-0.3, -0.25) is 0 Å². The van der Waals surface area contributed by atoms with Crippen LogP contribution < -0.4 is 21.3 Å². The van der Waals surface area contributed by atoms with Gasteiger partial charge in [-0.25, -0.2) is 26.8 Å². The summed E-state index contributed by atoms with van der Waals surface area (Å²) in [5.41, 5.74) is -1.21. The second-order valence-electron chi connectivity index (χ2n) is 9.40. The SMILES string of the molecule is CC(C)(C)OC(=O)NC(C1CCNCC1)S(=O)(=O)c1ccc(NC(=O)Nc2c(F)cccc2F)cc1. The van der Waals surface area contributed by atoms with Crippen LogP contribution in [0.3, 0.4) is 0 Å². The molecule has 1 aliphatic rings. The van der Waals surface area contributed by atoms with Gasteiger partial charge in [0.25, 0.3) is 0 Å². The van der Waals surface area contributed by atoms with Gasteiger partial charge in [0.2, 0.25) is 0 Å². The first kappa shape index (κ1) is 27.3. The maximum atomic E-state index is 13.8. The number of halogens is 2. The molecule has 12 heteroatoms. The quantitative estimate of drug-likeness (QED) is 0.448. The van der Waals surface area contributed by atoms with E-state index in [0.29, 0.717) is 25.9 Å². The van der Waals surface area contributed by atoms with Crippen LogP contribution in [0.25, 0.3) is 0 Å². The van der Waals surface area contributed by atoms with Crippen LogP contribution in [0.15, 0.2) is 47.4 Å². The Bertz CT molecular complexity index is 1170. The van der Waals surface area contributed by atoms with Crippen LogP contribution in [0.4, 0.5) is 29.7 Å². The smallest absolute Gasteiger partial charge is 0.408 e. The Kier molecular flexibility index (Phi) is 8.51. The van der Waals surface area contributed by atoms with E-state index in [4.69, 9.17) is 4.74 Å². The molecule has 2 aromatic carbocycles. The number of hydrogen-bond acceptors (Lipinski definition) is 6. The zero-order valence-corrected chi connectivity index (χ0v) is 21.0. The average Bonchev–Trinajstić information content (AvgIpc) is 2.80. The van der Waals surface area contributed by atoms with Gasteiger partial charge in [0.05, 0.1) is 4.90 Å². The first-order valence-electron chi connectivity index (χ1n) is 11.4. The van der Waals surface area contributed by atoms with Gasteiger partial charge in [-0.15, -0.1) is 0 Å². The standard InChI is InChI=1S/C24H30F2N4O5S/c1-24(2,3)35-23(32)30-21(15-11-13-27-14-12-15)36(33,34)17-9-7-16(8-10-17)28-22(31)29-20-18(25)5-4-6-19(20)26/h4-10,15,21,27H,11-14H2,1-3H3,(H,30,32)(H2,28,29,31). The Balaban J connectivity index is 1.76. The number of alkyl carbamates (subject to hydrolysis) is 1. The number of nitrogens with one attached hydrogen (secondary N) is 4. The minimum absolute atomic E-state index is 0.0619. The molecule has 36 heavy (non-hydrogen) atoms. The fourth-order valence-electron chi connectivity index (χ4n) is 3.79. The minimum Gasteiger partial charge on any atom is -0.444 e. The van der Waals surface area contributed by atoms with E-state index in [0.717, 1.165) is 12.1 Å². The van der Waals surface area contributed by atoms with E-state index in [1.54, 1.807) is 20.8 Å². The molecule has 0 bridgehead atoms. The predicted octanol–water partition coefficient (Wildman–Crippen LogP) is 4.23. The van der Waals surface area contributed by atoms with Crippen LogP contribution in [0.2, 0.25) is 0 Å². The van der Waals surface area contributed by atoms with Gasteiger partial charge in [-0.2, -0.15) is 0 Å². The van der Waals surface area contributed by atoms with Gasteiger partial charge < -0.3 is 26.0 Å². The summed E-state index contributed by atoms with van der Waals surface area (Å²) >= 11 is 0. The zero-order chi connectivity index (χ0) is 26.5. The van der Waals surface area contributed by atoms with E-state index in [1.165, 1.54) is 30.3 Å². The summed E-state index contributed by atoms with van der Waals surface area (Å²) < 4.78 is 59.8. The molecule has 0 saturated carbocycles. The van der Waals surface area contributed by atoms with Crippen molar-refractivity contribution in [2.75, 3.05) is 23.7 Å². The molecule has 1 aliphatic heterocycles. The number of rotatable bonds is 6. The summed E-state index contributed by atoms with van der Waals surface area (Å²) in [6.07, 6.45) is 0.267. The molecule has 3 amide bonds. The van der Waals surface area contributed by atoms with Crippen LogP contribution in [0, 0.1) is 17.6 Å². The number of carbonyl (C=O) groups excluding carboxylic acids is 2. The van der Waals surface area contributed by atoms with Crippen molar-refractivity contribution < 1.29 is 31.5 Å². The number of ether oxygens (including phenoxy) is 1. The van der Waals surface area contributed by atoms with Gasteiger partial charge >= 0.3 is 12.1 Å². The summed E-state index contributed by atoms with van der Waals surface area (Å²) in [6.45, 7) is 6.29. The van der Waals surface area contributed by atoms with Crippen LogP contribution in [-0.4, -0.2) is 44.6 Å². The summed E-state index contributed by atoms with van der Waals surface area (Å²) in [5, 5.41) is 8.99. The monoisotopic (exact) mass is 524 g/mol. The van der Waals surface area contributed by atoms with Gasteiger partial charge in [-0.1, -0.05) is 6.07 Å². The van der Waals surface area contributed by atoms with E-state index >= 15 is 0 Å². The van der Waals surface area contributed by atoms with Crippen molar-refractivity contribution in [1.29, 1.82) is 0 Å². The van der Waals surface area contributed by atoms with Crippen molar-refractivity contribution in [2.24, 2.45) is 5.92 Å². The van der Waals surface area contributed by atoms with E-state index in [2.05, 4.69) is 21.3 Å². The largest absolute Gasteiger partial charge is 0.444 e. The number of urea groups is 1. The lowest BCUT2D eigenvalue weighted by atomic mass is 9.98. The second kappa shape index (κ2) is 11.2. The first-order chi connectivity index (χ1) is 16.9. The Morgan fingerprint density at radius 1 is 1.00 bits per heavy atom. The summed E-state index contributed by atoms with van der Waals surface area (Å²) in [4.78, 5) is 24.6. The number of benzene rings is 2. The van der Waals surface area contributed by atoms with Crippen molar-refractivity contribution in [2.45, 2.75) is 49.5 Å². The van der Waals surface area contributed by atoms with E-state index in [-0.39, 0.29) is 16.5 Å². The highest BCUT2D eigenvalue weighted by atomic mass is 32.2. The van der Waals surface area contributed by atoms with Gasteiger partial charge in [0.1, 0.15) is 28.3 Å². The number of amides is 3. The summed E-state index contributed by atoms with van der Waals surface area (Å²) in [6, 6.07) is 7.54. The molecule has 0 aliphatic carbocycles. The molecule has 0 spiro atoms. The normalized spacial score (nSPS) is 15.6. The van der Waals surface area contributed by atoms with Gasteiger partial charge in [-0.05, 0) is 89.0 Å².